The van der Waals surface area contributed by atoms with Crippen LogP contribution in [0.2, 0.25) is 0 Å². The fraction of sp³-hybridized carbons (Fsp3) is 0.267. The van der Waals surface area contributed by atoms with Gasteiger partial charge in [0.2, 0.25) is 11.8 Å². The maximum Gasteiger partial charge on any atom is 0.269 e. The van der Waals surface area contributed by atoms with E-state index in [1.165, 1.54) is 24.3 Å². The van der Waals surface area contributed by atoms with Crippen LogP contribution in [0, 0.1) is 10.1 Å². The number of hydrogen-bond donors (Lipinski definition) is 0. The van der Waals surface area contributed by atoms with Crippen molar-refractivity contribution in [1.29, 1.82) is 0 Å². The highest BCUT2D eigenvalue weighted by Crippen LogP contribution is 2.33. The molecule has 2 aliphatic rings. The number of carbonyl (C=O) groups is 3. The van der Waals surface area contributed by atoms with E-state index in [4.69, 9.17) is 4.42 Å². The minimum atomic E-state index is -0.949. The number of nitrogens with zero attached hydrogens (tertiary/aromatic N) is 4. The van der Waals surface area contributed by atoms with E-state index in [0.717, 1.165) is 42.5 Å². The van der Waals surface area contributed by atoms with Crippen molar-refractivity contribution in [1.82, 2.24) is 9.88 Å². The van der Waals surface area contributed by atoms with E-state index in [0.29, 0.717) is 22.7 Å². The lowest BCUT2D eigenvalue weighted by Crippen LogP contribution is -2.51. The SMILES string of the molecule is O=C1CC(N(C(=O)c2ccc([N+](=O)[O-])cc2)C2CCCCC2)C(=O)N1c1ccc(-c2nc3ccccc3o2)cc1. The van der Waals surface area contributed by atoms with Crippen molar-refractivity contribution in [2.24, 2.45) is 0 Å². The van der Waals surface area contributed by atoms with Crippen LogP contribution in [-0.2, 0) is 9.59 Å². The van der Waals surface area contributed by atoms with Gasteiger partial charge < -0.3 is 9.32 Å². The Bertz CT molecular complexity index is 1570. The average molecular weight is 539 g/mol. The van der Waals surface area contributed by atoms with Gasteiger partial charge in [0.15, 0.2) is 5.58 Å². The molecular formula is C30H26N4O6. The smallest absolute Gasteiger partial charge is 0.269 e. The Morgan fingerprint density at radius 3 is 2.33 bits per heavy atom. The number of benzene rings is 3. The van der Waals surface area contributed by atoms with Gasteiger partial charge in [0, 0.05) is 29.3 Å². The first kappa shape index (κ1) is 25.4. The molecular weight excluding hydrogens is 512 g/mol. The van der Waals surface area contributed by atoms with Gasteiger partial charge in [-0.2, -0.15) is 0 Å². The summed E-state index contributed by atoms with van der Waals surface area (Å²) in [7, 11) is 0. The summed E-state index contributed by atoms with van der Waals surface area (Å²) in [6.07, 6.45) is 4.23. The van der Waals surface area contributed by atoms with Crippen molar-refractivity contribution in [3.8, 4) is 11.5 Å². The van der Waals surface area contributed by atoms with Gasteiger partial charge in [0.25, 0.3) is 17.5 Å². The third kappa shape index (κ3) is 4.61. The summed E-state index contributed by atoms with van der Waals surface area (Å²) in [5.74, 6) is -0.814. The minimum Gasteiger partial charge on any atom is -0.436 e. The molecule has 1 saturated heterocycles. The Hall–Kier alpha value is -4.86. The van der Waals surface area contributed by atoms with E-state index in [1.807, 2.05) is 24.3 Å². The van der Waals surface area contributed by atoms with Crippen LogP contribution >= 0.6 is 0 Å². The third-order valence-corrected chi connectivity index (χ3v) is 7.65. The predicted octanol–water partition coefficient (Wildman–Crippen LogP) is 5.51. The second-order valence-corrected chi connectivity index (χ2v) is 10.1. The largest absolute Gasteiger partial charge is 0.436 e. The Labute approximate surface area is 229 Å². The summed E-state index contributed by atoms with van der Waals surface area (Å²) in [5, 5.41) is 11.1. The molecule has 10 heteroatoms. The second-order valence-electron chi connectivity index (χ2n) is 10.1. The van der Waals surface area contributed by atoms with Gasteiger partial charge >= 0.3 is 0 Å². The number of rotatable bonds is 6. The molecule has 10 nitrogen and oxygen atoms in total. The van der Waals surface area contributed by atoms with Crippen molar-refractivity contribution in [3.63, 3.8) is 0 Å². The molecule has 1 aliphatic carbocycles. The lowest BCUT2D eigenvalue weighted by atomic mass is 9.92. The molecule has 0 spiro atoms. The van der Waals surface area contributed by atoms with Crippen LogP contribution in [0.25, 0.3) is 22.6 Å². The van der Waals surface area contributed by atoms with Crippen molar-refractivity contribution in [2.75, 3.05) is 4.90 Å². The number of fused-ring (bicyclic) bond motifs is 1. The number of carbonyl (C=O) groups excluding carboxylic acids is 3. The van der Waals surface area contributed by atoms with E-state index in [1.54, 1.807) is 29.2 Å². The molecule has 3 amide bonds. The molecule has 1 saturated carbocycles. The molecule has 40 heavy (non-hydrogen) atoms. The molecule has 2 heterocycles. The zero-order valence-electron chi connectivity index (χ0n) is 21.6. The molecule has 1 atom stereocenters. The normalized spacial score (nSPS) is 17.9. The van der Waals surface area contributed by atoms with E-state index < -0.39 is 22.8 Å². The van der Waals surface area contributed by atoms with Crippen molar-refractivity contribution in [3.05, 3.63) is 88.5 Å². The topological polar surface area (TPSA) is 127 Å². The molecule has 1 unspecified atom stereocenters. The number of imide groups is 1. The summed E-state index contributed by atoms with van der Waals surface area (Å²) >= 11 is 0. The van der Waals surface area contributed by atoms with Gasteiger partial charge in [-0.1, -0.05) is 31.4 Å². The van der Waals surface area contributed by atoms with Crippen LogP contribution < -0.4 is 4.90 Å². The Morgan fingerprint density at radius 2 is 1.65 bits per heavy atom. The number of anilines is 1. The van der Waals surface area contributed by atoms with Crippen LogP contribution in [0.15, 0.2) is 77.2 Å². The lowest BCUT2D eigenvalue weighted by molar-refractivity contribution is -0.384. The van der Waals surface area contributed by atoms with Crippen LogP contribution in [0.4, 0.5) is 11.4 Å². The van der Waals surface area contributed by atoms with Gasteiger partial charge in [-0.25, -0.2) is 9.88 Å². The Balaban J connectivity index is 1.27. The number of nitro benzene ring substituents is 1. The molecule has 4 aromatic rings. The van der Waals surface area contributed by atoms with Crippen LogP contribution in [0.3, 0.4) is 0 Å². The zero-order chi connectivity index (χ0) is 27.8. The molecule has 0 N–H and O–H groups in total. The zero-order valence-corrected chi connectivity index (χ0v) is 21.6. The first-order valence-electron chi connectivity index (χ1n) is 13.3. The van der Waals surface area contributed by atoms with E-state index in [-0.39, 0.29) is 29.6 Å². The Kier molecular flexibility index (Phi) is 6.59. The van der Waals surface area contributed by atoms with Gasteiger partial charge in [-0.15, -0.1) is 0 Å². The first-order valence-corrected chi connectivity index (χ1v) is 13.3. The highest BCUT2D eigenvalue weighted by molar-refractivity contribution is 6.23. The summed E-state index contributed by atoms with van der Waals surface area (Å²) in [4.78, 5) is 58.4. The number of oxazole rings is 1. The molecule has 0 bridgehead atoms. The van der Waals surface area contributed by atoms with Gasteiger partial charge in [-0.05, 0) is 61.4 Å². The van der Waals surface area contributed by atoms with Crippen LogP contribution in [-0.4, -0.2) is 44.6 Å². The van der Waals surface area contributed by atoms with E-state index in [2.05, 4.69) is 4.98 Å². The lowest BCUT2D eigenvalue weighted by Gasteiger charge is -2.37. The fourth-order valence-electron chi connectivity index (χ4n) is 5.65. The van der Waals surface area contributed by atoms with E-state index in [9.17, 15) is 24.5 Å². The Morgan fingerprint density at radius 1 is 0.950 bits per heavy atom. The molecule has 3 aromatic carbocycles. The molecule has 1 aliphatic heterocycles. The minimum absolute atomic E-state index is 0.124. The number of para-hydroxylation sites is 2. The summed E-state index contributed by atoms with van der Waals surface area (Å²) in [6, 6.07) is 18.5. The highest BCUT2D eigenvalue weighted by atomic mass is 16.6. The predicted molar refractivity (Wildman–Crippen MR) is 146 cm³/mol. The maximum atomic E-state index is 13.7. The van der Waals surface area contributed by atoms with Gasteiger partial charge in [0.1, 0.15) is 11.6 Å². The number of amides is 3. The maximum absolute atomic E-state index is 13.7. The second kappa shape index (κ2) is 10.4. The number of hydrogen-bond acceptors (Lipinski definition) is 7. The third-order valence-electron chi connectivity index (χ3n) is 7.65. The van der Waals surface area contributed by atoms with Crippen molar-refractivity contribution < 1.29 is 23.7 Å². The van der Waals surface area contributed by atoms with Crippen LogP contribution in [0.5, 0.6) is 0 Å². The summed E-state index contributed by atoms with van der Waals surface area (Å²) in [6.45, 7) is 0. The summed E-state index contributed by atoms with van der Waals surface area (Å²) < 4.78 is 5.83. The monoisotopic (exact) mass is 538 g/mol. The highest BCUT2D eigenvalue weighted by Gasteiger charge is 2.46. The quantitative estimate of drug-likeness (QED) is 0.180. The standard InChI is InChI=1S/C30H26N4O6/c35-27-18-25(32(21-6-2-1-3-7-21)29(36)20-12-16-23(17-13-20)34(38)39)30(37)33(27)22-14-10-19(11-15-22)28-31-24-8-4-5-9-26(24)40-28/h4-5,8-17,21,25H,1-3,6-7,18H2. The van der Waals surface area contributed by atoms with Gasteiger partial charge in [0.05, 0.1) is 17.0 Å². The fourth-order valence-corrected chi connectivity index (χ4v) is 5.65. The molecule has 6 rings (SSSR count). The summed E-state index contributed by atoms with van der Waals surface area (Å²) in [5.41, 5.74) is 2.62. The van der Waals surface area contributed by atoms with E-state index >= 15 is 0 Å². The average Bonchev–Trinajstić information content (AvgIpc) is 3.54. The molecule has 2 fully saturated rings. The number of nitro groups is 1. The first-order chi connectivity index (χ1) is 19.4. The van der Waals surface area contributed by atoms with Gasteiger partial charge in [-0.3, -0.25) is 24.5 Å². The molecule has 1 aromatic heterocycles. The number of non-ortho nitro benzene ring substituents is 1. The number of aromatic nitrogens is 1. The van der Waals surface area contributed by atoms with Crippen molar-refractivity contribution >= 4 is 40.2 Å². The molecule has 202 valence electrons. The molecule has 0 radical (unpaired) electrons. The van der Waals surface area contributed by atoms with Crippen LogP contribution in [0.1, 0.15) is 48.9 Å². The van der Waals surface area contributed by atoms with Crippen molar-refractivity contribution in [2.45, 2.75) is 50.6 Å².